The summed E-state index contributed by atoms with van der Waals surface area (Å²) >= 11 is 11.7. The summed E-state index contributed by atoms with van der Waals surface area (Å²) in [7, 11) is 0. The van der Waals surface area contributed by atoms with Crippen LogP contribution in [0.3, 0.4) is 0 Å². The van der Waals surface area contributed by atoms with Gasteiger partial charge in [0.2, 0.25) is 5.56 Å². The van der Waals surface area contributed by atoms with E-state index in [1.54, 1.807) is 0 Å². The van der Waals surface area contributed by atoms with Crippen molar-refractivity contribution in [2.24, 2.45) is 0 Å². The molecule has 1 heterocycles. The first-order valence-electron chi connectivity index (χ1n) is 5.05. The number of rotatable bonds is 1. The van der Waals surface area contributed by atoms with Gasteiger partial charge in [0.05, 0.1) is 5.56 Å². The standard InChI is InChI=1S/C12H6Cl2F3NO/c13-8-2-1-3-9(14)11(8)6-4-10(19)18-5-7(6)12(15,16)17/h1-5H,(H,18,19). The summed E-state index contributed by atoms with van der Waals surface area (Å²) in [6.45, 7) is 0. The van der Waals surface area contributed by atoms with E-state index in [-0.39, 0.29) is 21.2 Å². The van der Waals surface area contributed by atoms with Gasteiger partial charge in [-0.05, 0) is 12.1 Å². The molecule has 0 atom stereocenters. The zero-order valence-corrected chi connectivity index (χ0v) is 10.7. The normalized spacial score (nSPS) is 11.6. The van der Waals surface area contributed by atoms with Gasteiger partial charge >= 0.3 is 6.18 Å². The summed E-state index contributed by atoms with van der Waals surface area (Å²) in [4.78, 5) is 13.3. The van der Waals surface area contributed by atoms with Gasteiger partial charge in [0.15, 0.2) is 0 Å². The van der Waals surface area contributed by atoms with Crippen molar-refractivity contribution in [3.8, 4) is 11.1 Å². The van der Waals surface area contributed by atoms with Crippen molar-refractivity contribution in [1.82, 2.24) is 4.98 Å². The molecule has 2 aromatic rings. The summed E-state index contributed by atoms with van der Waals surface area (Å²) in [5, 5.41) is 0.0900. The predicted octanol–water partition coefficient (Wildman–Crippen LogP) is 4.37. The Morgan fingerprint density at radius 3 is 2.21 bits per heavy atom. The van der Waals surface area contributed by atoms with Gasteiger partial charge in [0.1, 0.15) is 0 Å². The van der Waals surface area contributed by atoms with Gasteiger partial charge in [0.25, 0.3) is 0 Å². The highest BCUT2D eigenvalue weighted by atomic mass is 35.5. The highest BCUT2D eigenvalue weighted by Gasteiger charge is 2.35. The molecule has 0 unspecified atom stereocenters. The average Bonchev–Trinajstić information content (AvgIpc) is 2.27. The lowest BCUT2D eigenvalue weighted by Crippen LogP contribution is -2.13. The summed E-state index contributed by atoms with van der Waals surface area (Å²) in [5.41, 5.74) is -2.02. The second-order valence-electron chi connectivity index (χ2n) is 3.72. The molecule has 0 radical (unpaired) electrons. The minimum Gasteiger partial charge on any atom is -0.328 e. The number of hydrogen-bond donors (Lipinski definition) is 1. The van der Waals surface area contributed by atoms with E-state index < -0.39 is 17.3 Å². The highest BCUT2D eigenvalue weighted by molar-refractivity contribution is 6.39. The second-order valence-corrected chi connectivity index (χ2v) is 4.53. The maximum absolute atomic E-state index is 12.9. The average molecular weight is 308 g/mol. The van der Waals surface area contributed by atoms with Crippen molar-refractivity contribution in [2.75, 3.05) is 0 Å². The largest absolute Gasteiger partial charge is 0.418 e. The van der Waals surface area contributed by atoms with E-state index in [0.29, 0.717) is 6.20 Å². The topological polar surface area (TPSA) is 32.9 Å². The molecular formula is C12H6Cl2F3NO. The molecule has 0 aliphatic carbocycles. The van der Waals surface area contributed by atoms with Crippen molar-refractivity contribution < 1.29 is 13.2 Å². The lowest BCUT2D eigenvalue weighted by atomic mass is 10.0. The Kier molecular flexibility index (Phi) is 3.60. The maximum Gasteiger partial charge on any atom is 0.418 e. The molecule has 7 heteroatoms. The fraction of sp³-hybridized carbons (Fsp3) is 0.0833. The predicted molar refractivity (Wildman–Crippen MR) is 67.5 cm³/mol. The first kappa shape index (κ1) is 14.0. The number of aromatic amines is 1. The van der Waals surface area contributed by atoms with Gasteiger partial charge in [-0.3, -0.25) is 4.79 Å². The van der Waals surface area contributed by atoms with Gasteiger partial charge in [0, 0.05) is 33.4 Å². The fourth-order valence-corrected chi connectivity index (χ4v) is 2.27. The van der Waals surface area contributed by atoms with Crippen LogP contribution in [-0.4, -0.2) is 4.98 Å². The number of nitrogens with one attached hydrogen (secondary N) is 1. The molecule has 1 aromatic heterocycles. The van der Waals surface area contributed by atoms with Crippen molar-refractivity contribution in [3.05, 3.63) is 56.4 Å². The number of pyridine rings is 1. The van der Waals surface area contributed by atoms with E-state index in [4.69, 9.17) is 23.2 Å². The quantitative estimate of drug-likeness (QED) is 0.834. The Hall–Kier alpha value is -1.46. The van der Waals surface area contributed by atoms with E-state index in [1.807, 2.05) is 4.98 Å². The molecular weight excluding hydrogens is 302 g/mol. The van der Waals surface area contributed by atoms with Crippen LogP contribution in [0.25, 0.3) is 11.1 Å². The first-order valence-corrected chi connectivity index (χ1v) is 5.80. The van der Waals surface area contributed by atoms with Crippen LogP contribution in [0.1, 0.15) is 5.56 Å². The van der Waals surface area contributed by atoms with Crippen molar-refractivity contribution in [3.63, 3.8) is 0 Å². The minimum absolute atomic E-state index is 0.00995. The smallest absolute Gasteiger partial charge is 0.328 e. The summed E-state index contributed by atoms with van der Waals surface area (Å²) < 4.78 is 38.8. The second kappa shape index (κ2) is 4.90. The van der Waals surface area contributed by atoms with Gasteiger partial charge in [-0.15, -0.1) is 0 Å². The highest BCUT2D eigenvalue weighted by Crippen LogP contribution is 2.41. The Labute approximate surface area is 115 Å². The van der Waals surface area contributed by atoms with Crippen LogP contribution in [0, 0.1) is 0 Å². The van der Waals surface area contributed by atoms with Gasteiger partial charge in [-0.1, -0.05) is 29.3 Å². The molecule has 0 aliphatic rings. The van der Waals surface area contributed by atoms with Crippen LogP contribution in [0.2, 0.25) is 10.0 Å². The van der Waals surface area contributed by atoms with E-state index >= 15 is 0 Å². The lowest BCUT2D eigenvalue weighted by molar-refractivity contribution is -0.137. The number of H-pyrrole nitrogens is 1. The molecule has 100 valence electrons. The van der Waals surface area contributed by atoms with Crippen molar-refractivity contribution >= 4 is 23.2 Å². The van der Waals surface area contributed by atoms with Crippen LogP contribution in [0.5, 0.6) is 0 Å². The number of hydrogen-bond acceptors (Lipinski definition) is 1. The molecule has 2 rings (SSSR count). The zero-order valence-electron chi connectivity index (χ0n) is 9.18. The third-order valence-electron chi connectivity index (χ3n) is 2.46. The third kappa shape index (κ3) is 2.77. The first-order chi connectivity index (χ1) is 8.80. The van der Waals surface area contributed by atoms with E-state index in [1.165, 1.54) is 18.2 Å². The molecule has 0 saturated heterocycles. The minimum atomic E-state index is -4.62. The molecule has 0 spiro atoms. The number of benzene rings is 1. The summed E-state index contributed by atoms with van der Waals surface area (Å²) in [5.74, 6) is 0. The molecule has 1 N–H and O–H groups in total. The summed E-state index contributed by atoms with van der Waals surface area (Å²) in [6.07, 6.45) is -4.01. The molecule has 0 saturated carbocycles. The zero-order chi connectivity index (χ0) is 14.2. The SMILES string of the molecule is O=c1cc(-c2c(Cl)cccc2Cl)c(C(F)(F)F)c[nH]1. The van der Waals surface area contributed by atoms with Crippen LogP contribution < -0.4 is 5.56 Å². The van der Waals surface area contributed by atoms with E-state index in [2.05, 4.69) is 0 Å². The van der Waals surface area contributed by atoms with Gasteiger partial charge in [-0.2, -0.15) is 13.2 Å². The molecule has 19 heavy (non-hydrogen) atoms. The Balaban J connectivity index is 2.82. The Morgan fingerprint density at radius 1 is 1.11 bits per heavy atom. The molecule has 0 amide bonds. The fourth-order valence-electron chi connectivity index (χ4n) is 1.67. The van der Waals surface area contributed by atoms with Gasteiger partial charge < -0.3 is 4.98 Å². The maximum atomic E-state index is 12.9. The lowest BCUT2D eigenvalue weighted by Gasteiger charge is -2.14. The Bertz CT molecular complexity index is 659. The monoisotopic (exact) mass is 307 g/mol. The molecule has 0 fully saturated rings. The molecule has 2 nitrogen and oxygen atoms in total. The molecule has 0 aliphatic heterocycles. The van der Waals surface area contributed by atoms with Crippen molar-refractivity contribution in [2.45, 2.75) is 6.18 Å². The summed E-state index contributed by atoms with van der Waals surface area (Å²) in [6, 6.07) is 5.15. The van der Waals surface area contributed by atoms with Gasteiger partial charge in [-0.25, -0.2) is 0 Å². The Morgan fingerprint density at radius 2 is 1.68 bits per heavy atom. The van der Waals surface area contributed by atoms with Crippen LogP contribution in [0.4, 0.5) is 13.2 Å². The van der Waals surface area contributed by atoms with Crippen LogP contribution in [0.15, 0.2) is 35.3 Å². The number of alkyl halides is 3. The number of aromatic nitrogens is 1. The number of halogens is 5. The van der Waals surface area contributed by atoms with Crippen molar-refractivity contribution in [1.29, 1.82) is 0 Å². The third-order valence-corrected chi connectivity index (χ3v) is 3.09. The van der Waals surface area contributed by atoms with E-state index in [9.17, 15) is 18.0 Å². The van der Waals surface area contributed by atoms with Crippen LogP contribution in [-0.2, 0) is 6.18 Å². The van der Waals surface area contributed by atoms with E-state index in [0.717, 1.165) is 6.07 Å². The van der Waals surface area contributed by atoms with Crippen LogP contribution >= 0.6 is 23.2 Å². The molecule has 1 aromatic carbocycles. The molecule has 0 bridgehead atoms.